The van der Waals surface area contributed by atoms with Crippen molar-refractivity contribution in [2.45, 2.75) is 24.4 Å². The van der Waals surface area contributed by atoms with Crippen LogP contribution in [-0.2, 0) is 9.53 Å². The van der Waals surface area contributed by atoms with Crippen molar-refractivity contribution in [3.05, 3.63) is 0 Å². The van der Waals surface area contributed by atoms with Crippen molar-refractivity contribution >= 4 is 5.97 Å². The van der Waals surface area contributed by atoms with Crippen molar-refractivity contribution in [2.75, 3.05) is 6.61 Å². The predicted molar refractivity (Wildman–Crippen MR) is 35.0 cm³/mol. The fourth-order valence-electron chi connectivity index (χ4n) is 1.00. The molecule has 4 atom stereocenters. The molecule has 70 valence electrons. The first kappa shape index (κ1) is 9.40. The second kappa shape index (κ2) is 3.36. The molecule has 1 saturated heterocycles. The number of aliphatic hydroxyl groups excluding tert-OH is 4. The highest BCUT2D eigenvalue weighted by Crippen LogP contribution is 2.18. The molecule has 1 heterocycles. The maximum Gasteiger partial charge on any atom is 0.338 e. The summed E-state index contributed by atoms with van der Waals surface area (Å²) in [6.45, 7) is -0.637. The normalized spacial score (nSPS) is 38.0. The molecular formula is C6H10O6. The Morgan fingerprint density at radius 2 is 2.08 bits per heavy atom. The second-order valence-corrected chi connectivity index (χ2v) is 2.59. The zero-order chi connectivity index (χ0) is 9.30. The number of carbonyl (C=O) groups is 1. The van der Waals surface area contributed by atoms with Crippen molar-refractivity contribution in [2.24, 2.45) is 0 Å². The van der Waals surface area contributed by atoms with E-state index in [0.717, 1.165) is 0 Å². The van der Waals surface area contributed by atoms with Crippen LogP contribution in [0.2, 0.25) is 0 Å². The quantitative estimate of drug-likeness (QED) is 0.335. The average molecular weight is 178 g/mol. The Hall–Kier alpha value is -0.690. The molecule has 0 spiro atoms. The number of rotatable bonds is 2. The summed E-state index contributed by atoms with van der Waals surface area (Å²) in [6.07, 6.45) is -5.70. The molecule has 0 saturated carbocycles. The molecule has 1 rings (SSSR count). The summed E-state index contributed by atoms with van der Waals surface area (Å²) in [5, 5.41) is 35.3. The number of aliphatic hydroxyl groups is 4. The minimum atomic E-state index is -1.63. The average Bonchev–Trinajstić information content (AvgIpc) is 2.32. The van der Waals surface area contributed by atoms with Crippen molar-refractivity contribution < 1.29 is 30.0 Å². The van der Waals surface area contributed by atoms with Crippen LogP contribution in [0.3, 0.4) is 0 Å². The molecule has 1 aliphatic heterocycles. The van der Waals surface area contributed by atoms with Crippen LogP contribution in [-0.4, -0.2) is 57.4 Å². The topological polar surface area (TPSA) is 107 Å². The third-order valence-electron chi connectivity index (χ3n) is 1.72. The molecule has 1 fully saturated rings. The van der Waals surface area contributed by atoms with Gasteiger partial charge in [-0.15, -0.1) is 0 Å². The molecule has 0 radical (unpaired) electrons. The minimum absolute atomic E-state index is 0.637. The fourth-order valence-corrected chi connectivity index (χ4v) is 1.00. The van der Waals surface area contributed by atoms with Crippen LogP contribution in [0.15, 0.2) is 0 Å². The second-order valence-electron chi connectivity index (χ2n) is 2.59. The molecule has 0 aliphatic carbocycles. The lowest BCUT2D eigenvalue weighted by molar-refractivity contribution is -0.151. The Kier molecular flexibility index (Phi) is 2.63. The highest BCUT2D eigenvalue weighted by Gasteiger charge is 2.45. The predicted octanol–water partition coefficient (Wildman–Crippen LogP) is -3.01. The Balaban J connectivity index is 2.64. The van der Waals surface area contributed by atoms with E-state index in [-0.39, 0.29) is 0 Å². The minimum Gasteiger partial charge on any atom is -0.455 e. The van der Waals surface area contributed by atoms with Gasteiger partial charge < -0.3 is 25.2 Å². The summed E-state index contributed by atoms with van der Waals surface area (Å²) in [6, 6.07) is 0. The largest absolute Gasteiger partial charge is 0.455 e. The lowest BCUT2D eigenvalue weighted by Gasteiger charge is -2.17. The first-order valence-corrected chi connectivity index (χ1v) is 3.43. The SMILES string of the molecule is O=C1O[C@@H]([C@H](O)CO)[C@@H](O)C1O. The molecule has 0 bridgehead atoms. The Morgan fingerprint density at radius 1 is 1.50 bits per heavy atom. The number of cyclic esters (lactones) is 1. The van der Waals surface area contributed by atoms with E-state index in [4.69, 9.17) is 20.4 Å². The van der Waals surface area contributed by atoms with Crippen LogP contribution in [0.1, 0.15) is 0 Å². The van der Waals surface area contributed by atoms with Gasteiger partial charge in [0, 0.05) is 0 Å². The number of ether oxygens (including phenoxy) is 1. The van der Waals surface area contributed by atoms with Crippen LogP contribution in [0.4, 0.5) is 0 Å². The van der Waals surface area contributed by atoms with Gasteiger partial charge in [-0.1, -0.05) is 0 Å². The van der Waals surface area contributed by atoms with E-state index in [2.05, 4.69) is 4.74 Å². The van der Waals surface area contributed by atoms with Gasteiger partial charge >= 0.3 is 5.97 Å². The van der Waals surface area contributed by atoms with E-state index >= 15 is 0 Å². The molecule has 0 aromatic carbocycles. The van der Waals surface area contributed by atoms with Gasteiger partial charge in [0.05, 0.1) is 6.61 Å². The first-order valence-electron chi connectivity index (χ1n) is 3.43. The zero-order valence-corrected chi connectivity index (χ0v) is 6.12. The van der Waals surface area contributed by atoms with Gasteiger partial charge in [-0.05, 0) is 0 Å². The molecule has 4 N–H and O–H groups in total. The van der Waals surface area contributed by atoms with E-state index in [1.807, 2.05) is 0 Å². The fraction of sp³-hybridized carbons (Fsp3) is 0.833. The maximum atomic E-state index is 10.6. The molecule has 6 nitrogen and oxygen atoms in total. The smallest absolute Gasteiger partial charge is 0.338 e. The first-order chi connectivity index (χ1) is 5.57. The van der Waals surface area contributed by atoms with Crippen molar-refractivity contribution in [1.29, 1.82) is 0 Å². The molecule has 0 aromatic heterocycles. The van der Waals surface area contributed by atoms with Gasteiger partial charge in [-0.25, -0.2) is 4.79 Å². The molecular weight excluding hydrogens is 168 g/mol. The molecule has 0 aromatic rings. The van der Waals surface area contributed by atoms with Gasteiger partial charge in [-0.2, -0.15) is 0 Å². The van der Waals surface area contributed by atoms with E-state index in [1.165, 1.54) is 0 Å². The summed E-state index contributed by atoms with van der Waals surface area (Å²) < 4.78 is 4.39. The van der Waals surface area contributed by atoms with Crippen molar-refractivity contribution in [3.8, 4) is 0 Å². The summed E-state index contributed by atoms with van der Waals surface area (Å²) in [4.78, 5) is 10.6. The molecule has 6 heteroatoms. The summed E-state index contributed by atoms with van der Waals surface area (Å²) in [5.74, 6) is -0.986. The molecule has 12 heavy (non-hydrogen) atoms. The van der Waals surface area contributed by atoms with Crippen LogP contribution >= 0.6 is 0 Å². The van der Waals surface area contributed by atoms with E-state index in [1.54, 1.807) is 0 Å². The monoisotopic (exact) mass is 178 g/mol. The third kappa shape index (κ3) is 1.42. The van der Waals surface area contributed by atoms with E-state index in [9.17, 15) is 4.79 Å². The maximum absolute atomic E-state index is 10.6. The van der Waals surface area contributed by atoms with E-state index < -0.39 is 37.0 Å². The Labute approximate surface area is 68.0 Å². The van der Waals surface area contributed by atoms with Gasteiger partial charge in [0.25, 0.3) is 0 Å². The Bertz CT molecular complexity index is 181. The van der Waals surface area contributed by atoms with Gasteiger partial charge in [-0.3, -0.25) is 0 Å². The molecule has 0 amide bonds. The molecule has 1 aliphatic rings. The van der Waals surface area contributed by atoms with Crippen LogP contribution in [0.25, 0.3) is 0 Å². The molecule has 1 unspecified atom stereocenters. The number of hydrogen-bond acceptors (Lipinski definition) is 6. The van der Waals surface area contributed by atoms with Crippen LogP contribution in [0.5, 0.6) is 0 Å². The number of hydrogen-bond donors (Lipinski definition) is 4. The summed E-state index contributed by atoms with van der Waals surface area (Å²) >= 11 is 0. The summed E-state index contributed by atoms with van der Waals surface area (Å²) in [7, 11) is 0. The standard InChI is InChI=1S/C6H10O6/c7-1-2(8)5-3(9)4(10)6(11)12-5/h2-5,7-10H,1H2/t2-,3+,4?,5+/m1/s1. The number of esters is 1. The number of carbonyl (C=O) groups excluding carboxylic acids is 1. The van der Waals surface area contributed by atoms with E-state index in [0.29, 0.717) is 0 Å². The van der Waals surface area contributed by atoms with Gasteiger partial charge in [0.15, 0.2) is 12.2 Å². The van der Waals surface area contributed by atoms with Crippen molar-refractivity contribution in [3.63, 3.8) is 0 Å². The van der Waals surface area contributed by atoms with Crippen molar-refractivity contribution in [1.82, 2.24) is 0 Å². The van der Waals surface area contributed by atoms with Gasteiger partial charge in [0.1, 0.15) is 12.2 Å². The highest BCUT2D eigenvalue weighted by atomic mass is 16.6. The highest BCUT2D eigenvalue weighted by molar-refractivity contribution is 5.77. The van der Waals surface area contributed by atoms with Crippen LogP contribution < -0.4 is 0 Å². The third-order valence-corrected chi connectivity index (χ3v) is 1.72. The Morgan fingerprint density at radius 3 is 2.42 bits per heavy atom. The lowest BCUT2D eigenvalue weighted by Crippen LogP contribution is -2.40. The van der Waals surface area contributed by atoms with Gasteiger partial charge in [0.2, 0.25) is 0 Å². The lowest BCUT2D eigenvalue weighted by atomic mass is 10.1. The zero-order valence-electron chi connectivity index (χ0n) is 6.12. The summed E-state index contributed by atoms with van der Waals surface area (Å²) in [5.41, 5.74) is 0. The van der Waals surface area contributed by atoms with Crippen LogP contribution in [0, 0.1) is 0 Å².